The number of carbonyl (C=O) groups excluding carboxylic acids is 3. The topological polar surface area (TPSA) is 75.7 Å². The molecule has 6 nitrogen and oxygen atoms in total. The summed E-state index contributed by atoms with van der Waals surface area (Å²) in [5, 5.41) is 2.98. The van der Waals surface area contributed by atoms with Crippen molar-refractivity contribution in [2.75, 3.05) is 4.90 Å². The minimum Gasteiger partial charge on any atom is -0.489 e. The highest BCUT2D eigenvalue weighted by Gasteiger charge is 2.36. The summed E-state index contributed by atoms with van der Waals surface area (Å²) in [5.41, 5.74) is 0.632. The van der Waals surface area contributed by atoms with Gasteiger partial charge in [0.1, 0.15) is 11.3 Å². The molecule has 0 spiro atoms. The molecule has 1 heterocycles. The van der Waals surface area contributed by atoms with E-state index in [0.29, 0.717) is 27.0 Å². The van der Waals surface area contributed by atoms with E-state index in [-0.39, 0.29) is 11.7 Å². The number of ether oxygens (including phenoxy) is 1. The number of halogens is 2. The van der Waals surface area contributed by atoms with Crippen molar-refractivity contribution in [3.63, 3.8) is 0 Å². The van der Waals surface area contributed by atoms with E-state index in [1.54, 1.807) is 30.3 Å². The predicted octanol–water partition coefficient (Wildman–Crippen LogP) is 4.84. The second-order valence-electron chi connectivity index (χ2n) is 6.46. The number of anilines is 1. The standard InChI is InChI=1S/C21H18Cl2N2O4/c1-3-12(2)29-18-9-4-13(11-17(18)23)10-16-19(26)24-21(28)25(20(16)27)15-7-5-14(22)6-8-15/h4-12H,3H2,1-2H3,(H,24,26,28)/b16-10+/t12-/m1/s1. The van der Waals surface area contributed by atoms with E-state index < -0.39 is 17.8 Å². The van der Waals surface area contributed by atoms with Gasteiger partial charge in [0.05, 0.1) is 16.8 Å². The lowest BCUT2D eigenvalue weighted by Crippen LogP contribution is -2.54. The lowest BCUT2D eigenvalue weighted by atomic mass is 10.1. The number of urea groups is 1. The zero-order valence-corrected chi connectivity index (χ0v) is 17.3. The summed E-state index contributed by atoms with van der Waals surface area (Å²) in [7, 11) is 0. The molecule has 1 fully saturated rings. The molecule has 4 amide bonds. The maximum absolute atomic E-state index is 12.9. The van der Waals surface area contributed by atoms with Crippen molar-refractivity contribution in [3.05, 3.63) is 63.6 Å². The van der Waals surface area contributed by atoms with Crippen LogP contribution in [0.15, 0.2) is 48.0 Å². The molecule has 0 aliphatic carbocycles. The Morgan fingerprint density at radius 2 is 1.79 bits per heavy atom. The van der Waals surface area contributed by atoms with Gasteiger partial charge in [-0.05, 0) is 61.4 Å². The molecule has 8 heteroatoms. The summed E-state index contributed by atoms with van der Waals surface area (Å²) in [6, 6.07) is 10.3. The quantitative estimate of drug-likeness (QED) is 0.541. The first-order chi connectivity index (χ1) is 13.8. The van der Waals surface area contributed by atoms with Gasteiger partial charge in [-0.1, -0.05) is 36.2 Å². The monoisotopic (exact) mass is 432 g/mol. The van der Waals surface area contributed by atoms with Crippen LogP contribution in [0.25, 0.3) is 6.08 Å². The molecule has 29 heavy (non-hydrogen) atoms. The van der Waals surface area contributed by atoms with Gasteiger partial charge in [-0.15, -0.1) is 0 Å². The number of amides is 4. The van der Waals surface area contributed by atoms with Crippen molar-refractivity contribution in [1.82, 2.24) is 5.32 Å². The number of nitrogens with zero attached hydrogens (tertiary/aromatic N) is 1. The zero-order valence-electron chi connectivity index (χ0n) is 15.7. The molecule has 2 aromatic carbocycles. The van der Waals surface area contributed by atoms with Crippen molar-refractivity contribution in [2.45, 2.75) is 26.4 Å². The average molecular weight is 433 g/mol. The summed E-state index contributed by atoms with van der Waals surface area (Å²) < 4.78 is 5.72. The first-order valence-corrected chi connectivity index (χ1v) is 9.69. The van der Waals surface area contributed by atoms with Crippen LogP contribution in [0.1, 0.15) is 25.8 Å². The molecular weight excluding hydrogens is 415 g/mol. The Morgan fingerprint density at radius 1 is 1.10 bits per heavy atom. The smallest absolute Gasteiger partial charge is 0.335 e. The molecule has 2 aromatic rings. The minimum atomic E-state index is -0.824. The molecule has 1 N–H and O–H groups in total. The molecule has 0 radical (unpaired) electrons. The van der Waals surface area contributed by atoms with Crippen molar-refractivity contribution in [2.24, 2.45) is 0 Å². The summed E-state index contributed by atoms with van der Waals surface area (Å²) >= 11 is 12.1. The van der Waals surface area contributed by atoms with Gasteiger partial charge in [-0.3, -0.25) is 14.9 Å². The van der Waals surface area contributed by atoms with Crippen LogP contribution in [-0.4, -0.2) is 23.9 Å². The number of hydrogen-bond acceptors (Lipinski definition) is 4. The fourth-order valence-electron chi connectivity index (χ4n) is 2.65. The average Bonchev–Trinajstić information content (AvgIpc) is 2.68. The number of carbonyl (C=O) groups is 3. The van der Waals surface area contributed by atoms with E-state index in [0.717, 1.165) is 11.3 Å². The lowest BCUT2D eigenvalue weighted by molar-refractivity contribution is -0.122. The van der Waals surface area contributed by atoms with E-state index in [1.807, 2.05) is 13.8 Å². The third-order valence-electron chi connectivity index (χ3n) is 4.36. The molecule has 0 bridgehead atoms. The van der Waals surface area contributed by atoms with Crippen LogP contribution in [0.2, 0.25) is 10.0 Å². The van der Waals surface area contributed by atoms with E-state index in [9.17, 15) is 14.4 Å². The summed E-state index contributed by atoms with van der Waals surface area (Å²) in [5.74, 6) is -1.00. The second-order valence-corrected chi connectivity index (χ2v) is 7.30. The molecule has 0 unspecified atom stereocenters. The van der Waals surface area contributed by atoms with Crippen LogP contribution in [-0.2, 0) is 9.59 Å². The van der Waals surface area contributed by atoms with E-state index in [4.69, 9.17) is 27.9 Å². The Hall–Kier alpha value is -2.83. The molecule has 0 saturated carbocycles. The first kappa shape index (κ1) is 20.9. The van der Waals surface area contributed by atoms with Crippen LogP contribution in [0.5, 0.6) is 5.75 Å². The van der Waals surface area contributed by atoms with Gasteiger partial charge in [-0.2, -0.15) is 0 Å². The van der Waals surface area contributed by atoms with Crippen molar-refractivity contribution >= 4 is 52.8 Å². The number of hydrogen-bond donors (Lipinski definition) is 1. The Morgan fingerprint density at radius 3 is 2.41 bits per heavy atom. The van der Waals surface area contributed by atoms with Gasteiger partial charge in [0, 0.05) is 5.02 Å². The fraction of sp³-hybridized carbons (Fsp3) is 0.190. The summed E-state index contributed by atoms with van der Waals surface area (Å²) in [6.07, 6.45) is 2.21. The number of benzene rings is 2. The van der Waals surface area contributed by atoms with Gasteiger partial charge in [0.15, 0.2) is 0 Å². The molecule has 1 aliphatic rings. The third-order valence-corrected chi connectivity index (χ3v) is 4.90. The van der Waals surface area contributed by atoms with Crippen LogP contribution < -0.4 is 15.0 Å². The Labute approximate surface area is 178 Å². The Kier molecular flexibility index (Phi) is 6.25. The second kappa shape index (κ2) is 8.68. The van der Waals surface area contributed by atoms with Gasteiger partial charge >= 0.3 is 6.03 Å². The SMILES string of the molecule is CC[C@@H](C)Oc1ccc(/C=C2\C(=O)NC(=O)N(c3ccc(Cl)cc3)C2=O)cc1Cl. The minimum absolute atomic E-state index is 0.00125. The molecule has 1 atom stereocenters. The van der Waals surface area contributed by atoms with Crippen molar-refractivity contribution in [1.29, 1.82) is 0 Å². The lowest BCUT2D eigenvalue weighted by Gasteiger charge is -2.26. The number of rotatable bonds is 5. The highest BCUT2D eigenvalue weighted by Crippen LogP contribution is 2.29. The van der Waals surface area contributed by atoms with E-state index >= 15 is 0 Å². The number of barbiturate groups is 1. The highest BCUT2D eigenvalue weighted by molar-refractivity contribution is 6.39. The third kappa shape index (κ3) is 4.60. The van der Waals surface area contributed by atoms with Gasteiger partial charge < -0.3 is 4.74 Å². The normalized spacial score (nSPS) is 16.8. The number of nitrogens with one attached hydrogen (secondary N) is 1. The fourth-order valence-corrected chi connectivity index (χ4v) is 3.01. The molecule has 1 saturated heterocycles. The van der Waals surface area contributed by atoms with Crippen LogP contribution in [0.4, 0.5) is 10.5 Å². The van der Waals surface area contributed by atoms with Crippen molar-refractivity contribution < 1.29 is 19.1 Å². The maximum Gasteiger partial charge on any atom is 0.335 e. The molecule has 3 rings (SSSR count). The summed E-state index contributed by atoms with van der Waals surface area (Å²) in [4.78, 5) is 38.2. The van der Waals surface area contributed by atoms with E-state index in [1.165, 1.54) is 18.2 Å². The maximum atomic E-state index is 12.9. The zero-order chi connectivity index (χ0) is 21.1. The first-order valence-electron chi connectivity index (χ1n) is 8.93. The van der Waals surface area contributed by atoms with Crippen LogP contribution in [0, 0.1) is 0 Å². The van der Waals surface area contributed by atoms with Gasteiger partial charge in [0.2, 0.25) is 0 Å². The highest BCUT2D eigenvalue weighted by atomic mass is 35.5. The van der Waals surface area contributed by atoms with Gasteiger partial charge in [-0.25, -0.2) is 9.69 Å². The van der Waals surface area contributed by atoms with Crippen LogP contribution in [0.3, 0.4) is 0 Å². The van der Waals surface area contributed by atoms with Gasteiger partial charge in [0.25, 0.3) is 11.8 Å². The molecule has 150 valence electrons. The van der Waals surface area contributed by atoms with Crippen molar-refractivity contribution in [3.8, 4) is 5.75 Å². The Bertz CT molecular complexity index is 1000. The van der Waals surface area contributed by atoms with E-state index in [2.05, 4.69) is 5.32 Å². The predicted molar refractivity (Wildman–Crippen MR) is 112 cm³/mol. The number of imide groups is 2. The largest absolute Gasteiger partial charge is 0.489 e. The van der Waals surface area contributed by atoms with Crippen LogP contribution >= 0.6 is 23.2 Å². The molecule has 1 aliphatic heterocycles. The molecule has 0 aromatic heterocycles. The molecular formula is C21H18Cl2N2O4. The summed E-state index contributed by atoms with van der Waals surface area (Å²) in [6.45, 7) is 3.93. The Balaban J connectivity index is 1.92.